The highest BCUT2D eigenvalue weighted by molar-refractivity contribution is 6.01. The van der Waals surface area contributed by atoms with E-state index in [2.05, 4.69) is 20.7 Å². The van der Waals surface area contributed by atoms with E-state index in [1.807, 2.05) is 52.0 Å². The van der Waals surface area contributed by atoms with Crippen LogP contribution >= 0.6 is 0 Å². The zero-order chi connectivity index (χ0) is 28.2. The summed E-state index contributed by atoms with van der Waals surface area (Å²) in [5.41, 5.74) is 2.20. The van der Waals surface area contributed by atoms with E-state index in [1.54, 1.807) is 43.5 Å². The number of phenols is 1. The SMILES string of the molecule is COc1ccc([C@@H](C(=O)NC(C)(C)C)N(C(=O)Cn2nnc(-c3ccc(C)cc3)n2)c2cccc(O)c2)cc1. The molecule has 4 rings (SSSR count). The van der Waals surface area contributed by atoms with Crippen LogP contribution in [0.2, 0.25) is 0 Å². The number of nitrogens with one attached hydrogen (secondary N) is 1. The molecule has 0 fully saturated rings. The summed E-state index contributed by atoms with van der Waals surface area (Å²) < 4.78 is 5.28. The molecule has 0 bridgehead atoms. The fourth-order valence-electron chi connectivity index (χ4n) is 4.05. The minimum absolute atomic E-state index is 0.0458. The number of aryl methyl sites for hydroxylation is 1. The molecule has 4 aromatic rings. The largest absolute Gasteiger partial charge is 0.508 e. The van der Waals surface area contributed by atoms with Crippen LogP contribution in [-0.4, -0.2) is 49.8 Å². The highest BCUT2D eigenvalue weighted by Crippen LogP contribution is 2.32. The topological polar surface area (TPSA) is 122 Å². The normalized spacial score (nSPS) is 12.0. The van der Waals surface area contributed by atoms with E-state index in [0.717, 1.165) is 11.1 Å². The van der Waals surface area contributed by atoms with E-state index in [1.165, 1.54) is 21.8 Å². The number of hydrogen-bond acceptors (Lipinski definition) is 7. The number of amides is 2. The average Bonchev–Trinajstić information content (AvgIpc) is 3.35. The molecule has 202 valence electrons. The first-order valence-corrected chi connectivity index (χ1v) is 12.5. The van der Waals surface area contributed by atoms with Crippen LogP contribution in [0, 0.1) is 6.92 Å². The predicted octanol–water partition coefficient (Wildman–Crippen LogP) is 4.05. The lowest BCUT2D eigenvalue weighted by molar-refractivity contribution is -0.128. The Labute approximate surface area is 227 Å². The average molecular weight is 529 g/mol. The van der Waals surface area contributed by atoms with Crippen LogP contribution in [0.25, 0.3) is 11.4 Å². The van der Waals surface area contributed by atoms with Gasteiger partial charge in [0.25, 0.3) is 5.91 Å². The molecule has 3 aromatic carbocycles. The molecule has 2 amide bonds. The number of aromatic hydroxyl groups is 1. The molecule has 0 spiro atoms. The molecule has 1 aromatic heterocycles. The number of aromatic nitrogens is 4. The van der Waals surface area contributed by atoms with E-state index < -0.39 is 23.4 Å². The first kappa shape index (κ1) is 27.3. The van der Waals surface area contributed by atoms with Gasteiger partial charge in [0.1, 0.15) is 24.1 Å². The number of phenolic OH excluding ortho intramolecular Hbond substituents is 1. The van der Waals surface area contributed by atoms with Crippen LogP contribution in [-0.2, 0) is 16.1 Å². The Morgan fingerprint density at radius 2 is 1.74 bits per heavy atom. The van der Waals surface area contributed by atoms with Gasteiger partial charge in [0.05, 0.1) is 7.11 Å². The molecule has 1 heterocycles. The first-order valence-electron chi connectivity index (χ1n) is 12.5. The van der Waals surface area contributed by atoms with Gasteiger partial charge in [0, 0.05) is 22.9 Å². The van der Waals surface area contributed by atoms with Crippen LogP contribution in [0.1, 0.15) is 37.9 Å². The van der Waals surface area contributed by atoms with Crippen molar-refractivity contribution in [2.24, 2.45) is 0 Å². The summed E-state index contributed by atoms with van der Waals surface area (Å²) in [6, 6.07) is 19.7. The maximum Gasteiger partial charge on any atom is 0.251 e. The molecule has 0 radical (unpaired) electrons. The van der Waals surface area contributed by atoms with Crippen LogP contribution in [0.5, 0.6) is 11.5 Å². The van der Waals surface area contributed by atoms with E-state index in [9.17, 15) is 14.7 Å². The highest BCUT2D eigenvalue weighted by atomic mass is 16.5. The van der Waals surface area contributed by atoms with Crippen LogP contribution in [0.4, 0.5) is 5.69 Å². The van der Waals surface area contributed by atoms with Crippen molar-refractivity contribution < 1.29 is 19.4 Å². The van der Waals surface area contributed by atoms with Gasteiger partial charge in [0.2, 0.25) is 11.7 Å². The Balaban J connectivity index is 1.74. The summed E-state index contributed by atoms with van der Waals surface area (Å²) >= 11 is 0. The summed E-state index contributed by atoms with van der Waals surface area (Å²) in [6.07, 6.45) is 0. The maximum absolute atomic E-state index is 13.9. The zero-order valence-corrected chi connectivity index (χ0v) is 22.6. The Hall–Kier alpha value is -4.73. The van der Waals surface area contributed by atoms with Crippen molar-refractivity contribution in [2.75, 3.05) is 12.0 Å². The van der Waals surface area contributed by atoms with Crippen molar-refractivity contribution in [3.63, 3.8) is 0 Å². The number of benzene rings is 3. The lowest BCUT2D eigenvalue weighted by Crippen LogP contribution is -2.50. The third kappa shape index (κ3) is 6.78. The quantitative estimate of drug-likeness (QED) is 0.354. The molecule has 1 atom stereocenters. The summed E-state index contributed by atoms with van der Waals surface area (Å²) in [7, 11) is 1.55. The fraction of sp³-hybridized carbons (Fsp3) is 0.276. The third-order valence-electron chi connectivity index (χ3n) is 5.85. The van der Waals surface area contributed by atoms with Gasteiger partial charge in [-0.1, -0.05) is 48.0 Å². The standard InChI is InChI=1S/C29H32N6O4/c1-19-9-11-21(12-10-19)27-31-33-34(32-27)18-25(37)35(22-7-6-8-23(36)17-22)26(28(38)30-29(2,3)4)20-13-15-24(39-5)16-14-20/h6-17,26,36H,18H2,1-5H3,(H,30,38)/t26-/m0/s1. The fourth-order valence-corrected chi connectivity index (χ4v) is 4.05. The Bertz CT molecular complexity index is 1440. The minimum Gasteiger partial charge on any atom is -0.508 e. The Kier molecular flexibility index (Phi) is 7.94. The number of hydrogen-bond donors (Lipinski definition) is 2. The molecular weight excluding hydrogens is 496 g/mol. The van der Waals surface area contributed by atoms with E-state index in [-0.39, 0.29) is 12.3 Å². The summed E-state index contributed by atoms with van der Waals surface area (Å²) in [6.45, 7) is 7.29. The number of tetrazole rings is 1. The van der Waals surface area contributed by atoms with E-state index in [4.69, 9.17) is 4.74 Å². The molecule has 0 saturated heterocycles. The lowest BCUT2D eigenvalue weighted by Gasteiger charge is -2.33. The van der Waals surface area contributed by atoms with Crippen molar-refractivity contribution in [1.82, 2.24) is 25.5 Å². The smallest absolute Gasteiger partial charge is 0.251 e. The maximum atomic E-state index is 13.9. The van der Waals surface area contributed by atoms with Gasteiger partial charge in [-0.2, -0.15) is 4.80 Å². The molecule has 39 heavy (non-hydrogen) atoms. The molecule has 0 saturated carbocycles. The second kappa shape index (κ2) is 11.3. The van der Waals surface area contributed by atoms with Gasteiger partial charge in [0.15, 0.2) is 0 Å². The van der Waals surface area contributed by atoms with Gasteiger partial charge in [-0.3, -0.25) is 14.5 Å². The van der Waals surface area contributed by atoms with Crippen molar-refractivity contribution in [2.45, 2.75) is 45.8 Å². The highest BCUT2D eigenvalue weighted by Gasteiger charge is 2.35. The van der Waals surface area contributed by atoms with Crippen molar-refractivity contribution in [3.8, 4) is 22.9 Å². The number of methoxy groups -OCH3 is 1. The Morgan fingerprint density at radius 3 is 2.36 bits per heavy atom. The van der Waals surface area contributed by atoms with Crippen molar-refractivity contribution in [3.05, 3.63) is 83.9 Å². The van der Waals surface area contributed by atoms with Crippen molar-refractivity contribution in [1.29, 1.82) is 0 Å². The van der Waals surface area contributed by atoms with Gasteiger partial charge in [-0.05, 0) is 62.7 Å². The van der Waals surface area contributed by atoms with Crippen LogP contribution in [0.15, 0.2) is 72.8 Å². The molecular formula is C29H32N6O4. The summed E-state index contributed by atoms with van der Waals surface area (Å²) in [5, 5.41) is 25.8. The van der Waals surface area contributed by atoms with Gasteiger partial charge >= 0.3 is 0 Å². The second-order valence-electron chi connectivity index (χ2n) is 10.2. The van der Waals surface area contributed by atoms with Crippen LogP contribution < -0.4 is 15.0 Å². The van der Waals surface area contributed by atoms with Gasteiger partial charge in [-0.15, -0.1) is 10.2 Å². The van der Waals surface area contributed by atoms with Crippen LogP contribution in [0.3, 0.4) is 0 Å². The van der Waals surface area contributed by atoms with Gasteiger partial charge < -0.3 is 15.2 Å². The third-order valence-corrected chi connectivity index (χ3v) is 5.85. The number of anilines is 1. The number of nitrogens with zero attached hydrogens (tertiary/aromatic N) is 5. The molecule has 10 nitrogen and oxygen atoms in total. The van der Waals surface area contributed by atoms with E-state index in [0.29, 0.717) is 22.8 Å². The minimum atomic E-state index is -1.07. The number of carbonyl (C=O) groups is 2. The zero-order valence-electron chi connectivity index (χ0n) is 22.6. The van der Waals surface area contributed by atoms with Crippen molar-refractivity contribution >= 4 is 17.5 Å². The second-order valence-corrected chi connectivity index (χ2v) is 10.2. The number of ether oxygens (including phenoxy) is 1. The van der Waals surface area contributed by atoms with Gasteiger partial charge in [-0.25, -0.2) is 0 Å². The number of carbonyl (C=O) groups excluding carboxylic acids is 2. The first-order chi connectivity index (χ1) is 18.5. The molecule has 0 aliphatic heterocycles. The summed E-state index contributed by atoms with van der Waals surface area (Å²) in [5.74, 6) is 0.0773. The predicted molar refractivity (Wildman–Crippen MR) is 147 cm³/mol. The summed E-state index contributed by atoms with van der Waals surface area (Å²) in [4.78, 5) is 30.2. The lowest BCUT2D eigenvalue weighted by atomic mass is 10.0. The monoisotopic (exact) mass is 528 g/mol. The van der Waals surface area contributed by atoms with E-state index >= 15 is 0 Å². The molecule has 2 N–H and O–H groups in total. The Morgan fingerprint density at radius 1 is 1.05 bits per heavy atom. The molecule has 10 heteroatoms. The molecule has 0 unspecified atom stereocenters. The number of rotatable bonds is 8. The molecule has 0 aliphatic carbocycles. The molecule has 0 aliphatic rings.